The van der Waals surface area contributed by atoms with Gasteiger partial charge >= 0.3 is 0 Å². The molecule has 0 aromatic heterocycles. The van der Waals surface area contributed by atoms with Crippen LogP contribution in [0.15, 0.2) is 30.4 Å². The lowest BCUT2D eigenvalue weighted by molar-refractivity contribution is 0.141. The van der Waals surface area contributed by atoms with Gasteiger partial charge in [0.25, 0.3) is 0 Å². The van der Waals surface area contributed by atoms with Gasteiger partial charge in [0.15, 0.2) is 0 Å². The Morgan fingerprint density at radius 2 is 2.07 bits per heavy atom. The minimum absolute atomic E-state index is 0.0703. The fraction of sp³-hybridized carbons (Fsp3) is 0.250. The minimum Gasteiger partial charge on any atom is -0.497 e. The lowest BCUT2D eigenvalue weighted by atomic mass is 9.94. The number of allylic oxidation sites excluding steroid dienone is 1. The first kappa shape index (κ1) is 9.28. The topological polar surface area (TPSA) is 18.5 Å². The molecule has 1 aliphatic carbocycles. The molecule has 2 nitrogen and oxygen atoms in total. The average molecular weight is 189 g/mol. The van der Waals surface area contributed by atoms with Crippen LogP contribution in [0.3, 0.4) is 0 Å². The molecule has 1 aromatic carbocycles. The highest BCUT2D eigenvalue weighted by molar-refractivity contribution is 5.47. The molecule has 2 heteroatoms. The van der Waals surface area contributed by atoms with Crippen LogP contribution in [-0.2, 0) is 4.74 Å². The molecule has 73 valence electrons. The molecule has 0 amide bonds. The summed E-state index contributed by atoms with van der Waals surface area (Å²) >= 11 is 0. The molecular formula is C12H13O2. The summed E-state index contributed by atoms with van der Waals surface area (Å²) in [5.41, 5.74) is 2.36. The van der Waals surface area contributed by atoms with Gasteiger partial charge in [-0.25, -0.2) is 0 Å². The van der Waals surface area contributed by atoms with Crippen LogP contribution in [0.5, 0.6) is 5.75 Å². The summed E-state index contributed by atoms with van der Waals surface area (Å²) in [4.78, 5) is 0. The highest BCUT2D eigenvalue weighted by Gasteiger charge is 2.15. The van der Waals surface area contributed by atoms with Crippen LogP contribution >= 0.6 is 0 Å². The number of ether oxygens (including phenoxy) is 2. The molecule has 14 heavy (non-hydrogen) atoms. The molecule has 0 saturated carbocycles. The van der Waals surface area contributed by atoms with Gasteiger partial charge in [-0.2, -0.15) is 0 Å². The Kier molecular flexibility index (Phi) is 2.55. The van der Waals surface area contributed by atoms with Gasteiger partial charge in [-0.05, 0) is 23.3 Å². The Balaban J connectivity index is 2.39. The van der Waals surface area contributed by atoms with E-state index in [1.54, 1.807) is 14.2 Å². The number of methoxy groups -OCH3 is 2. The van der Waals surface area contributed by atoms with E-state index < -0.39 is 0 Å². The fourth-order valence-electron chi connectivity index (χ4n) is 1.65. The number of hydrogen-bond donors (Lipinski definition) is 0. The number of hydrogen-bond acceptors (Lipinski definition) is 2. The Labute approximate surface area is 84.2 Å². The van der Waals surface area contributed by atoms with E-state index in [0.29, 0.717) is 0 Å². The van der Waals surface area contributed by atoms with E-state index in [0.717, 1.165) is 5.75 Å². The normalized spacial score (nSPS) is 19.1. The van der Waals surface area contributed by atoms with Crippen molar-refractivity contribution in [2.75, 3.05) is 14.2 Å². The van der Waals surface area contributed by atoms with Crippen LogP contribution in [-0.4, -0.2) is 14.2 Å². The van der Waals surface area contributed by atoms with E-state index in [9.17, 15) is 0 Å². The third-order valence-corrected chi connectivity index (χ3v) is 2.42. The Morgan fingerprint density at radius 1 is 1.21 bits per heavy atom. The molecule has 2 rings (SSSR count). The molecule has 1 radical (unpaired) electrons. The SMILES string of the molecule is COc1ccc2c(c1)[CH]C=CC2OC. The van der Waals surface area contributed by atoms with Crippen LogP contribution in [0.2, 0.25) is 0 Å². The standard InChI is InChI=1S/C12H13O2/c1-13-10-6-7-11-9(8-10)4-3-5-12(11)14-2/h3-8,12H,1-2H3. The molecule has 0 saturated heterocycles. The predicted molar refractivity (Wildman–Crippen MR) is 55.3 cm³/mol. The molecule has 1 aliphatic rings. The van der Waals surface area contributed by atoms with Gasteiger partial charge in [-0.15, -0.1) is 0 Å². The maximum Gasteiger partial charge on any atom is 0.119 e. The van der Waals surface area contributed by atoms with Gasteiger partial charge in [-0.1, -0.05) is 18.2 Å². The first-order valence-corrected chi connectivity index (χ1v) is 4.57. The van der Waals surface area contributed by atoms with Crippen molar-refractivity contribution in [3.05, 3.63) is 47.9 Å². The number of rotatable bonds is 2. The predicted octanol–water partition coefficient (Wildman–Crippen LogP) is 2.50. The van der Waals surface area contributed by atoms with Crippen molar-refractivity contribution >= 4 is 0 Å². The Hall–Kier alpha value is -1.28. The molecule has 0 bridgehead atoms. The second-order valence-corrected chi connectivity index (χ2v) is 3.20. The van der Waals surface area contributed by atoms with Crippen LogP contribution in [0, 0.1) is 6.42 Å². The van der Waals surface area contributed by atoms with E-state index in [2.05, 4.69) is 6.42 Å². The first-order chi connectivity index (χ1) is 6.85. The average Bonchev–Trinajstić information content (AvgIpc) is 2.27. The molecule has 0 spiro atoms. The minimum atomic E-state index is 0.0703. The quantitative estimate of drug-likeness (QED) is 0.711. The van der Waals surface area contributed by atoms with Gasteiger partial charge in [0, 0.05) is 13.5 Å². The van der Waals surface area contributed by atoms with Gasteiger partial charge in [0.2, 0.25) is 0 Å². The number of fused-ring (bicyclic) bond motifs is 1. The summed E-state index contributed by atoms with van der Waals surface area (Å²) in [6.45, 7) is 0. The van der Waals surface area contributed by atoms with E-state index in [4.69, 9.17) is 9.47 Å². The first-order valence-electron chi connectivity index (χ1n) is 4.57. The Bertz CT molecular complexity index is 355. The molecule has 1 aromatic rings. The van der Waals surface area contributed by atoms with Gasteiger partial charge < -0.3 is 9.47 Å². The maximum atomic E-state index is 5.34. The number of benzene rings is 1. The van der Waals surface area contributed by atoms with Crippen LogP contribution in [0.4, 0.5) is 0 Å². The molecular weight excluding hydrogens is 176 g/mol. The van der Waals surface area contributed by atoms with Crippen molar-refractivity contribution in [1.29, 1.82) is 0 Å². The summed E-state index contributed by atoms with van der Waals surface area (Å²) in [6.07, 6.45) is 6.18. The zero-order valence-corrected chi connectivity index (χ0v) is 8.36. The monoisotopic (exact) mass is 189 g/mol. The largest absolute Gasteiger partial charge is 0.497 e. The summed E-state index contributed by atoms with van der Waals surface area (Å²) < 4.78 is 10.5. The van der Waals surface area contributed by atoms with E-state index in [1.165, 1.54) is 11.1 Å². The van der Waals surface area contributed by atoms with E-state index in [-0.39, 0.29) is 6.10 Å². The molecule has 1 atom stereocenters. The Morgan fingerprint density at radius 3 is 2.79 bits per heavy atom. The lowest BCUT2D eigenvalue weighted by Gasteiger charge is -2.19. The second kappa shape index (κ2) is 3.84. The lowest BCUT2D eigenvalue weighted by Crippen LogP contribution is -2.05. The summed E-state index contributed by atoms with van der Waals surface area (Å²) in [5.74, 6) is 0.880. The molecule has 0 heterocycles. The van der Waals surface area contributed by atoms with Crippen LogP contribution < -0.4 is 4.74 Å². The molecule has 0 fully saturated rings. The zero-order valence-electron chi connectivity index (χ0n) is 8.36. The molecule has 0 aliphatic heterocycles. The van der Waals surface area contributed by atoms with Crippen LogP contribution in [0.25, 0.3) is 0 Å². The van der Waals surface area contributed by atoms with Gasteiger partial charge in [-0.3, -0.25) is 0 Å². The van der Waals surface area contributed by atoms with Crippen molar-refractivity contribution in [3.63, 3.8) is 0 Å². The zero-order chi connectivity index (χ0) is 9.97. The molecule has 1 unspecified atom stereocenters. The maximum absolute atomic E-state index is 5.34. The van der Waals surface area contributed by atoms with Crippen LogP contribution in [0.1, 0.15) is 17.2 Å². The van der Waals surface area contributed by atoms with Crippen molar-refractivity contribution in [2.45, 2.75) is 6.10 Å². The fourth-order valence-corrected chi connectivity index (χ4v) is 1.65. The third kappa shape index (κ3) is 1.53. The molecule has 0 N–H and O–H groups in total. The van der Waals surface area contributed by atoms with Gasteiger partial charge in [0.05, 0.1) is 7.11 Å². The van der Waals surface area contributed by atoms with E-state index >= 15 is 0 Å². The van der Waals surface area contributed by atoms with Gasteiger partial charge in [0.1, 0.15) is 11.9 Å². The third-order valence-electron chi connectivity index (χ3n) is 2.42. The van der Waals surface area contributed by atoms with Crippen molar-refractivity contribution in [1.82, 2.24) is 0 Å². The highest BCUT2D eigenvalue weighted by Crippen LogP contribution is 2.30. The van der Waals surface area contributed by atoms with E-state index in [1.807, 2.05) is 30.4 Å². The van der Waals surface area contributed by atoms with Crippen molar-refractivity contribution < 1.29 is 9.47 Å². The summed E-state index contributed by atoms with van der Waals surface area (Å²) in [6, 6.07) is 6.02. The van der Waals surface area contributed by atoms with Crippen molar-refractivity contribution in [2.24, 2.45) is 0 Å². The highest BCUT2D eigenvalue weighted by atomic mass is 16.5. The van der Waals surface area contributed by atoms with Crippen molar-refractivity contribution in [3.8, 4) is 5.75 Å². The smallest absolute Gasteiger partial charge is 0.119 e. The second-order valence-electron chi connectivity index (χ2n) is 3.20. The summed E-state index contributed by atoms with van der Waals surface area (Å²) in [7, 11) is 3.39. The summed E-state index contributed by atoms with van der Waals surface area (Å²) in [5, 5.41) is 0.